The van der Waals surface area contributed by atoms with Gasteiger partial charge in [0.1, 0.15) is 5.75 Å². The van der Waals surface area contributed by atoms with Crippen molar-refractivity contribution < 1.29 is 9.47 Å². The minimum Gasteiger partial charge on any atom is -0.439 e. The van der Waals surface area contributed by atoms with Crippen LogP contribution in [0.2, 0.25) is 0 Å². The maximum atomic E-state index is 6.16. The first-order valence-electron chi connectivity index (χ1n) is 9.69. The molecule has 3 heterocycles. The summed E-state index contributed by atoms with van der Waals surface area (Å²) in [5, 5.41) is 0. The number of rotatable bonds is 3. The third-order valence-electron chi connectivity index (χ3n) is 5.43. The van der Waals surface area contributed by atoms with E-state index in [1.165, 1.54) is 0 Å². The Morgan fingerprint density at radius 1 is 1.07 bits per heavy atom. The number of benzene rings is 1. The minimum atomic E-state index is -0.00573. The number of piperidine rings is 1. The second-order valence-corrected chi connectivity index (χ2v) is 7.82. The largest absolute Gasteiger partial charge is 0.439 e. The summed E-state index contributed by atoms with van der Waals surface area (Å²) in [6, 6.07) is 9.89. The molecular formula is C21H28N4O2. The molecule has 0 atom stereocenters. The summed E-state index contributed by atoms with van der Waals surface area (Å²) in [5.74, 6) is 2.14. The van der Waals surface area contributed by atoms with E-state index in [9.17, 15) is 0 Å². The van der Waals surface area contributed by atoms with Gasteiger partial charge in [-0.05, 0) is 51.4 Å². The van der Waals surface area contributed by atoms with Crippen LogP contribution in [0, 0.1) is 13.8 Å². The van der Waals surface area contributed by atoms with E-state index in [0.29, 0.717) is 5.88 Å². The smallest absolute Gasteiger partial charge is 0.228 e. The van der Waals surface area contributed by atoms with E-state index in [2.05, 4.69) is 39.8 Å². The van der Waals surface area contributed by atoms with Gasteiger partial charge in [-0.15, -0.1) is 0 Å². The standard InChI is InChI=1S/C21H28N4O2/c1-16-5-4-6-18(13-16)27-19-14-17(2)22-20(23-19)25-9-7-21(8-10-25)15-24(3)11-12-26-21/h4-6,13-14H,7-12,15H2,1-3H3. The Morgan fingerprint density at radius 3 is 2.63 bits per heavy atom. The van der Waals surface area contributed by atoms with Crippen LogP contribution in [-0.4, -0.2) is 60.3 Å². The lowest BCUT2D eigenvalue weighted by Gasteiger charge is -2.46. The van der Waals surface area contributed by atoms with Gasteiger partial charge >= 0.3 is 0 Å². The fraction of sp³-hybridized carbons (Fsp3) is 0.524. The van der Waals surface area contributed by atoms with Gasteiger partial charge in [0.2, 0.25) is 11.8 Å². The Kier molecular flexibility index (Phi) is 5.02. The molecule has 1 spiro atoms. The highest BCUT2D eigenvalue weighted by Gasteiger charge is 2.39. The van der Waals surface area contributed by atoms with Gasteiger partial charge in [0.25, 0.3) is 0 Å². The molecule has 4 rings (SSSR count). The quantitative estimate of drug-likeness (QED) is 0.829. The van der Waals surface area contributed by atoms with Crippen molar-refractivity contribution in [3.8, 4) is 11.6 Å². The molecule has 2 fully saturated rings. The molecule has 0 amide bonds. The van der Waals surface area contributed by atoms with Crippen LogP contribution >= 0.6 is 0 Å². The second-order valence-electron chi connectivity index (χ2n) is 7.82. The minimum absolute atomic E-state index is 0.00573. The number of hydrogen-bond acceptors (Lipinski definition) is 6. The summed E-state index contributed by atoms with van der Waals surface area (Å²) >= 11 is 0. The molecule has 6 nitrogen and oxygen atoms in total. The lowest BCUT2D eigenvalue weighted by atomic mass is 9.89. The highest BCUT2D eigenvalue weighted by Crippen LogP contribution is 2.32. The summed E-state index contributed by atoms with van der Waals surface area (Å²) in [5.41, 5.74) is 2.07. The highest BCUT2D eigenvalue weighted by molar-refractivity contribution is 5.38. The van der Waals surface area contributed by atoms with E-state index in [1.54, 1.807) is 0 Å². The fourth-order valence-electron chi connectivity index (χ4n) is 3.97. The number of ether oxygens (including phenoxy) is 2. The van der Waals surface area contributed by atoms with E-state index in [-0.39, 0.29) is 5.60 Å². The molecule has 144 valence electrons. The lowest BCUT2D eigenvalue weighted by Crippen LogP contribution is -2.56. The molecule has 1 aromatic heterocycles. The zero-order chi connectivity index (χ0) is 18.9. The SMILES string of the molecule is Cc1cccc(Oc2cc(C)nc(N3CCC4(CC3)CN(C)CCO4)n2)c1. The topological polar surface area (TPSA) is 50.7 Å². The molecule has 0 radical (unpaired) electrons. The average Bonchev–Trinajstić information content (AvgIpc) is 2.62. The molecular weight excluding hydrogens is 340 g/mol. The normalized spacial score (nSPS) is 20.0. The number of hydrogen-bond donors (Lipinski definition) is 0. The number of morpholine rings is 1. The first-order valence-corrected chi connectivity index (χ1v) is 9.69. The zero-order valence-electron chi connectivity index (χ0n) is 16.4. The Bertz CT molecular complexity index is 803. The van der Waals surface area contributed by atoms with E-state index < -0.39 is 0 Å². The van der Waals surface area contributed by atoms with Crippen molar-refractivity contribution in [2.24, 2.45) is 0 Å². The predicted octanol–water partition coefficient (Wildman–Crippen LogP) is 3.19. The van der Waals surface area contributed by atoms with Crippen LogP contribution in [-0.2, 0) is 4.74 Å². The van der Waals surface area contributed by atoms with Gasteiger partial charge in [-0.25, -0.2) is 4.98 Å². The Morgan fingerprint density at radius 2 is 1.89 bits per heavy atom. The zero-order valence-corrected chi connectivity index (χ0v) is 16.4. The molecule has 6 heteroatoms. The van der Waals surface area contributed by atoms with Gasteiger partial charge in [-0.1, -0.05) is 12.1 Å². The van der Waals surface area contributed by atoms with Gasteiger partial charge in [0, 0.05) is 37.9 Å². The van der Waals surface area contributed by atoms with E-state index in [0.717, 1.165) is 68.6 Å². The highest BCUT2D eigenvalue weighted by atomic mass is 16.5. The molecule has 0 N–H and O–H groups in total. The molecule has 0 unspecified atom stereocenters. The maximum absolute atomic E-state index is 6.16. The van der Waals surface area contributed by atoms with Crippen LogP contribution in [0.1, 0.15) is 24.1 Å². The van der Waals surface area contributed by atoms with Gasteiger partial charge in [-0.3, -0.25) is 0 Å². The first kappa shape index (κ1) is 18.2. The molecule has 2 aliphatic rings. The van der Waals surface area contributed by atoms with E-state index in [1.807, 2.05) is 31.2 Å². The monoisotopic (exact) mass is 368 g/mol. The number of aryl methyl sites for hydroxylation is 2. The molecule has 2 aromatic rings. The van der Waals surface area contributed by atoms with E-state index >= 15 is 0 Å². The molecule has 0 aliphatic carbocycles. The van der Waals surface area contributed by atoms with Crippen molar-refractivity contribution in [3.63, 3.8) is 0 Å². The van der Waals surface area contributed by atoms with Crippen LogP contribution in [0.5, 0.6) is 11.6 Å². The fourth-order valence-corrected chi connectivity index (χ4v) is 3.97. The number of nitrogens with zero attached hydrogens (tertiary/aromatic N) is 4. The number of anilines is 1. The summed E-state index contributed by atoms with van der Waals surface area (Å²) in [7, 11) is 2.18. The summed E-state index contributed by atoms with van der Waals surface area (Å²) in [4.78, 5) is 13.9. The summed E-state index contributed by atoms with van der Waals surface area (Å²) < 4.78 is 12.2. The molecule has 2 saturated heterocycles. The molecule has 0 saturated carbocycles. The van der Waals surface area contributed by atoms with Crippen LogP contribution < -0.4 is 9.64 Å². The summed E-state index contributed by atoms with van der Waals surface area (Å²) in [6.07, 6.45) is 2.01. The van der Waals surface area contributed by atoms with Crippen LogP contribution in [0.15, 0.2) is 30.3 Å². The van der Waals surface area contributed by atoms with Gasteiger partial charge in [0.05, 0.1) is 12.2 Å². The Hall–Kier alpha value is -2.18. The first-order chi connectivity index (χ1) is 13.0. The lowest BCUT2D eigenvalue weighted by molar-refractivity contribution is -0.115. The molecule has 2 aliphatic heterocycles. The maximum Gasteiger partial charge on any atom is 0.228 e. The molecule has 1 aromatic carbocycles. The second kappa shape index (κ2) is 7.44. The Balaban J connectivity index is 1.47. The number of aromatic nitrogens is 2. The van der Waals surface area contributed by atoms with Crippen molar-refractivity contribution in [2.75, 3.05) is 44.7 Å². The average molecular weight is 368 g/mol. The van der Waals surface area contributed by atoms with Gasteiger partial charge < -0.3 is 19.3 Å². The van der Waals surface area contributed by atoms with Crippen molar-refractivity contribution in [1.82, 2.24) is 14.9 Å². The Labute approximate surface area is 161 Å². The summed E-state index contributed by atoms with van der Waals surface area (Å²) in [6.45, 7) is 8.70. The molecule has 0 bridgehead atoms. The van der Waals surface area contributed by atoms with Crippen LogP contribution in [0.25, 0.3) is 0 Å². The van der Waals surface area contributed by atoms with Gasteiger partial charge in [0.15, 0.2) is 0 Å². The van der Waals surface area contributed by atoms with Crippen molar-refractivity contribution >= 4 is 5.95 Å². The van der Waals surface area contributed by atoms with Crippen LogP contribution in [0.3, 0.4) is 0 Å². The third-order valence-corrected chi connectivity index (χ3v) is 5.43. The van der Waals surface area contributed by atoms with Crippen molar-refractivity contribution in [2.45, 2.75) is 32.3 Å². The third kappa shape index (κ3) is 4.22. The van der Waals surface area contributed by atoms with E-state index in [4.69, 9.17) is 9.47 Å². The molecule has 27 heavy (non-hydrogen) atoms. The predicted molar refractivity (Wildman–Crippen MR) is 106 cm³/mol. The van der Waals surface area contributed by atoms with Crippen LogP contribution in [0.4, 0.5) is 5.95 Å². The van der Waals surface area contributed by atoms with Crippen molar-refractivity contribution in [1.29, 1.82) is 0 Å². The number of likely N-dealkylation sites (N-methyl/N-ethyl adjacent to an activating group) is 1. The van der Waals surface area contributed by atoms with Crippen molar-refractivity contribution in [3.05, 3.63) is 41.6 Å². The van der Waals surface area contributed by atoms with Gasteiger partial charge in [-0.2, -0.15) is 4.98 Å².